The molecular formula is C11H16N2O4. The summed E-state index contributed by atoms with van der Waals surface area (Å²) >= 11 is 0. The molecule has 0 saturated carbocycles. The molecule has 6 nitrogen and oxygen atoms in total. The summed E-state index contributed by atoms with van der Waals surface area (Å²) in [6, 6.07) is 1.69. The van der Waals surface area contributed by atoms with Crippen molar-refractivity contribution in [2.75, 3.05) is 27.3 Å². The van der Waals surface area contributed by atoms with Gasteiger partial charge in [-0.2, -0.15) is 5.26 Å². The smallest absolute Gasteiger partial charge is 0.348 e. The monoisotopic (exact) mass is 240 g/mol. The summed E-state index contributed by atoms with van der Waals surface area (Å²) in [5.74, 6) is -0.830. The second-order valence-electron chi connectivity index (χ2n) is 3.43. The minimum atomic E-state index is -1.13. The number of aliphatic hydroxyl groups excluding tert-OH is 2. The van der Waals surface area contributed by atoms with Gasteiger partial charge in [-0.05, 0) is 18.4 Å². The standard InChI is InChI=1S/C11H16N2O4/c1-13(2)5-3-4-9(6-12)11(16)17-8-10(15)7-14/h3-5,10,14-15H,7-8H2,1-2H3. The summed E-state index contributed by atoms with van der Waals surface area (Å²) < 4.78 is 4.62. The molecule has 0 saturated heterocycles. The Morgan fingerprint density at radius 2 is 2.24 bits per heavy atom. The Morgan fingerprint density at radius 1 is 1.59 bits per heavy atom. The van der Waals surface area contributed by atoms with Gasteiger partial charge in [0.1, 0.15) is 24.4 Å². The average Bonchev–Trinajstić information content (AvgIpc) is 2.30. The minimum absolute atomic E-state index is 0.173. The van der Waals surface area contributed by atoms with Gasteiger partial charge in [0.2, 0.25) is 0 Å². The highest BCUT2D eigenvalue weighted by Gasteiger charge is 2.11. The van der Waals surface area contributed by atoms with Crippen LogP contribution in [0.25, 0.3) is 0 Å². The summed E-state index contributed by atoms with van der Waals surface area (Å²) in [6.07, 6.45) is 3.37. The number of hydrogen-bond donors (Lipinski definition) is 2. The van der Waals surface area contributed by atoms with Crippen molar-refractivity contribution in [3.05, 3.63) is 23.9 Å². The Morgan fingerprint density at radius 3 is 2.71 bits per heavy atom. The topological polar surface area (TPSA) is 93.8 Å². The zero-order chi connectivity index (χ0) is 13.3. The fraction of sp³-hybridized carbons (Fsp3) is 0.455. The molecule has 0 aromatic carbocycles. The van der Waals surface area contributed by atoms with Crippen LogP contribution in [0.4, 0.5) is 0 Å². The van der Waals surface area contributed by atoms with Crippen LogP contribution in [0, 0.1) is 11.3 Å². The van der Waals surface area contributed by atoms with Gasteiger partial charge in [0.25, 0.3) is 0 Å². The molecule has 2 N–H and O–H groups in total. The van der Waals surface area contributed by atoms with E-state index >= 15 is 0 Å². The third-order valence-electron chi connectivity index (χ3n) is 1.61. The summed E-state index contributed by atoms with van der Waals surface area (Å²) in [7, 11) is 3.60. The van der Waals surface area contributed by atoms with Crippen molar-refractivity contribution in [2.24, 2.45) is 0 Å². The number of ether oxygens (including phenoxy) is 1. The Labute approximate surface area is 100 Å². The minimum Gasteiger partial charge on any atom is -0.459 e. The lowest BCUT2D eigenvalue weighted by atomic mass is 10.2. The molecule has 0 bridgehead atoms. The fourth-order valence-corrected chi connectivity index (χ4v) is 0.765. The van der Waals surface area contributed by atoms with E-state index in [2.05, 4.69) is 4.74 Å². The number of carbonyl (C=O) groups excluding carboxylic acids is 1. The van der Waals surface area contributed by atoms with E-state index in [1.54, 1.807) is 31.3 Å². The number of aliphatic hydroxyl groups is 2. The van der Waals surface area contributed by atoms with E-state index in [-0.39, 0.29) is 12.2 Å². The Hall–Kier alpha value is -1.84. The SMILES string of the molecule is CN(C)C=CC=C(C#N)C(=O)OCC(O)CO. The van der Waals surface area contributed by atoms with Gasteiger partial charge in [-0.25, -0.2) is 4.79 Å². The van der Waals surface area contributed by atoms with Gasteiger partial charge < -0.3 is 19.8 Å². The highest BCUT2D eigenvalue weighted by molar-refractivity contribution is 5.93. The first kappa shape index (κ1) is 15.2. The molecule has 0 amide bonds. The van der Waals surface area contributed by atoms with Crippen molar-refractivity contribution in [3.63, 3.8) is 0 Å². The van der Waals surface area contributed by atoms with Crippen LogP contribution in [-0.4, -0.2) is 54.5 Å². The normalized spacial score (nSPS) is 13.2. The second-order valence-corrected chi connectivity index (χ2v) is 3.43. The lowest BCUT2D eigenvalue weighted by Gasteiger charge is -2.07. The Kier molecular flexibility index (Phi) is 7.43. The number of esters is 1. The van der Waals surface area contributed by atoms with Gasteiger partial charge >= 0.3 is 5.97 Å². The summed E-state index contributed by atoms with van der Waals surface area (Å²) in [5, 5.41) is 26.2. The van der Waals surface area contributed by atoms with Gasteiger partial charge in [-0.15, -0.1) is 0 Å². The molecule has 0 spiro atoms. The molecule has 1 atom stereocenters. The van der Waals surface area contributed by atoms with Crippen LogP contribution in [0.1, 0.15) is 0 Å². The van der Waals surface area contributed by atoms with Crippen LogP contribution in [0.5, 0.6) is 0 Å². The van der Waals surface area contributed by atoms with E-state index in [0.29, 0.717) is 0 Å². The Balaban J connectivity index is 4.37. The molecule has 0 aliphatic heterocycles. The van der Waals surface area contributed by atoms with Crippen molar-refractivity contribution in [3.8, 4) is 6.07 Å². The fourth-order valence-electron chi connectivity index (χ4n) is 0.765. The van der Waals surface area contributed by atoms with Gasteiger partial charge in [-0.3, -0.25) is 0 Å². The molecule has 0 aliphatic rings. The van der Waals surface area contributed by atoms with Crippen LogP contribution in [-0.2, 0) is 9.53 Å². The second kappa shape index (κ2) is 8.33. The van der Waals surface area contributed by atoms with Crippen LogP contribution < -0.4 is 0 Å². The predicted octanol–water partition coefficient (Wildman–Crippen LogP) is -0.592. The van der Waals surface area contributed by atoms with Crippen LogP contribution in [0.3, 0.4) is 0 Å². The maximum Gasteiger partial charge on any atom is 0.348 e. The molecule has 0 radical (unpaired) electrons. The first-order valence-electron chi connectivity index (χ1n) is 4.92. The van der Waals surface area contributed by atoms with E-state index in [0.717, 1.165) is 0 Å². The van der Waals surface area contributed by atoms with Gasteiger partial charge in [0.15, 0.2) is 0 Å². The molecule has 0 fully saturated rings. The molecule has 0 aromatic heterocycles. The van der Waals surface area contributed by atoms with E-state index in [1.165, 1.54) is 12.2 Å². The number of hydrogen-bond acceptors (Lipinski definition) is 6. The van der Waals surface area contributed by atoms with Gasteiger partial charge in [0, 0.05) is 14.1 Å². The average molecular weight is 240 g/mol. The predicted molar refractivity (Wildman–Crippen MR) is 60.6 cm³/mol. The molecule has 0 heterocycles. The van der Waals surface area contributed by atoms with Crippen molar-refractivity contribution in [1.82, 2.24) is 4.90 Å². The maximum absolute atomic E-state index is 11.3. The van der Waals surface area contributed by atoms with Crippen molar-refractivity contribution in [1.29, 1.82) is 5.26 Å². The zero-order valence-electron chi connectivity index (χ0n) is 9.83. The number of carbonyl (C=O) groups is 1. The number of nitrogens with zero attached hydrogens (tertiary/aromatic N) is 2. The highest BCUT2D eigenvalue weighted by Crippen LogP contribution is 1.98. The molecule has 17 heavy (non-hydrogen) atoms. The van der Waals surface area contributed by atoms with Crippen molar-refractivity contribution < 1.29 is 19.7 Å². The van der Waals surface area contributed by atoms with Gasteiger partial charge in [-0.1, -0.05) is 0 Å². The molecule has 0 aliphatic carbocycles. The largest absolute Gasteiger partial charge is 0.459 e. The molecular weight excluding hydrogens is 224 g/mol. The molecule has 0 aromatic rings. The van der Waals surface area contributed by atoms with Gasteiger partial charge in [0.05, 0.1) is 6.61 Å². The maximum atomic E-state index is 11.3. The van der Waals surface area contributed by atoms with Crippen LogP contribution >= 0.6 is 0 Å². The summed E-state index contributed by atoms with van der Waals surface area (Å²) in [4.78, 5) is 13.1. The first-order chi connectivity index (χ1) is 8.01. The van der Waals surface area contributed by atoms with Crippen molar-refractivity contribution >= 4 is 5.97 Å². The van der Waals surface area contributed by atoms with Crippen molar-refractivity contribution in [2.45, 2.75) is 6.10 Å². The Bertz CT molecular complexity index is 342. The highest BCUT2D eigenvalue weighted by atomic mass is 16.5. The quantitative estimate of drug-likeness (QED) is 0.279. The molecule has 1 unspecified atom stereocenters. The molecule has 6 heteroatoms. The first-order valence-corrected chi connectivity index (χ1v) is 4.92. The molecule has 94 valence electrons. The van der Waals surface area contributed by atoms with Crippen LogP contribution in [0.15, 0.2) is 23.9 Å². The van der Waals surface area contributed by atoms with E-state index in [1.807, 2.05) is 0 Å². The lowest BCUT2D eigenvalue weighted by molar-refractivity contribution is -0.142. The summed E-state index contributed by atoms with van der Waals surface area (Å²) in [5.41, 5.74) is -0.173. The third kappa shape index (κ3) is 7.11. The van der Waals surface area contributed by atoms with Crippen LogP contribution in [0.2, 0.25) is 0 Å². The zero-order valence-corrected chi connectivity index (χ0v) is 9.83. The van der Waals surface area contributed by atoms with E-state index in [9.17, 15) is 4.79 Å². The van der Waals surface area contributed by atoms with E-state index < -0.39 is 18.7 Å². The summed E-state index contributed by atoms with van der Waals surface area (Å²) in [6.45, 7) is -0.842. The third-order valence-corrected chi connectivity index (χ3v) is 1.61. The number of nitriles is 1. The number of rotatable bonds is 6. The lowest BCUT2D eigenvalue weighted by Crippen LogP contribution is -2.22. The number of allylic oxidation sites excluding steroid dienone is 2. The molecule has 0 rings (SSSR count). The van der Waals surface area contributed by atoms with E-state index in [4.69, 9.17) is 15.5 Å².